The van der Waals surface area contributed by atoms with Crippen molar-refractivity contribution in [2.24, 2.45) is 5.92 Å². The average Bonchev–Trinajstić information content (AvgIpc) is 2.89. The molecule has 1 aliphatic rings. The molecular formula is C15H24N2O5S. The van der Waals surface area contributed by atoms with Crippen molar-refractivity contribution in [1.29, 1.82) is 0 Å². The number of aromatic carboxylic acids is 1. The van der Waals surface area contributed by atoms with Gasteiger partial charge in [-0.05, 0) is 51.7 Å². The second kappa shape index (κ2) is 7.46. The molecule has 0 unspecified atom stereocenters. The zero-order valence-corrected chi connectivity index (χ0v) is 14.4. The lowest BCUT2D eigenvalue weighted by Crippen LogP contribution is -2.35. The number of carbonyl (C=O) groups is 1. The maximum Gasteiger partial charge on any atom is 0.371 e. The normalized spacial score (nSPS) is 17.5. The van der Waals surface area contributed by atoms with Gasteiger partial charge in [0.25, 0.3) is 0 Å². The molecule has 0 atom stereocenters. The van der Waals surface area contributed by atoms with Gasteiger partial charge in [-0.1, -0.05) is 6.92 Å². The molecule has 2 N–H and O–H groups in total. The Labute approximate surface area is 136 Å². The first-order chi connectivity index (χ1) is 10.8. The Morgan fingerprint density at radius 1 is 1.43 bits per heavy atom. The third-order valence-corrected chi connectivity index (χ3v) is 5.76. The van der Waals surface area contributed by atoms with Crippen molar-refractivity contribution in [1.82, 2.24) is 9.62 Å². The van der Waals surface area contributed by atoms with Crippen LogP contribution < -0.4 is 4.72 Å². The predicted molar refractivity (Wildman–Crippen MR) is 85.0 cm³/mol. The number of hydrogen-bond donors (Lipinski definition) is 2. The fourth-order valence-electron chi connectivity index (χ4n) is 2.71. The molecule has 0 spiro atoms. The fourth-order valence-corrected chi connectivity index (χ4v) is 3.96. The summed E-state index contributed by atoms with van der Waals surface area (Å²) in [5.41, 5.74) is 0. The first kappa shape index (κ1) is 18.0. The standard InChI is InChI=1S/C15H24N2O5S/c1-11-4-8-17(9-5-11)7-3-6-16-23(20,21)14-10-13(15(18)19)22-12(14)2/h10-11,16H,3-9H2,1-2H3,(H,18,19). The smallest absolute Gasteiger partial charge is 0.371 e. The maximum atomic E-state index is 12.2. The number of piperidine rings is 1. The van der Waals surface area contributed by atoms with Crippen LogP contribution in [0.1, 0.15) is 42.5 Å². The highest BCUT2D eigenvalue weighted by atomic mass is 32.2. The van der Waals surface area contributed by atoms with Gasteiger partial charge in [-0.25, -0.2) is 17.9 Å². The number of hydrogen-bond acceptors (Lipinski definition) is 5. The molecule has 1 saturated heterocycles. The second-order valence-electron chi connectivity index (χ2n) is 6.11. The minimum atomic E-state index is -3.74. The van der Waals surface area contributed by atoms with E-state index in [9.17, 15) is 13.2 Å². The Morgan fingerprint density at radius 2 is 2.09 bits per heavy atom. The van der Waals surface area contributed by atoms with Crippen LogP contribution in [-0.2, 0) is 10.0 Å². The highest BCUT2D eigenvalue weighted by molar-refractivity contribution is 7.89. The van der Waals surface area contributed by atoms with E-state index in [-0.39, 0.29) is 16.4 Å². The van der Waals surface area contributed by atoms with Crippen molar-refractivity contribution in [3.63, 3.8) is 0 Å². The Bertz CT molecular complexity index is 645. The Hall–Kier alpha value is -1.38. The molecule has 1 aromatic rings. The largest absolute Gasteiger partial charge is 0.475 e. The summed E-state index contributed by atoms with van der Waals surface area (Å²) in [6.07, 6.45) is 3.10. The van der Waals surface area contributed by atoms with Gasteiger partial charge < -0.3 is 14.4 Å². The molecule has 1 aromatic heterocycles. The van der Waals surface area contributed by atoms with Gasteiger partial charge in [-0.2, -0.15) is 0 Å². The van der Waals surface area contributed by atoms with Crippen LogP contribution in [0.25, 0.3) is 0 Å². The Kier molecular flexibility index (Phi) is 5.83. The van der Waals surface area contributed by atoms with Crippen molar-refractivity contribution in [3.05, 3.63) is 17.6 Å². The second-order valence-corrected chi connectivity index (χ2v) is 7.85. The molecule has 0 saturated carbocycles. The van der Waals surface area contributed by atoms with Crippen LogP contribution in [0.2, 0.25) is 0 Å². The third-order valence-electron chi connectivity index (χ3n) is 4.19. The first-order valence-electron chi connectivity index (χ1n) is 7.85. The Morgan fingerprint density at radius 3 is 2.65 bits per heavy atom. The van der Waals surface area contributed by atoms with Gasteiger partial charge in [0.05, 0.1) is 0 Å². The quantitative estimate of drug-likeness (QED) is 0.730. The molecule has 0 amide bonds. The molecule has 1 aliphatic heterocycles. The van der Waals surface area contributed by atoms with Crippen molar-refractivity contribution in [3.8, 4) is 0 Å². The zero-order valence-electron chi connectivity index (χ0n) is 13.5. The lowest BCUT2D eigenvalue weighted by molar-refractivity contribution is 0.0661. The van der Waals surface area contributed by atoms with Crippen molar-refractivity contribution in [2.75, 3.05) is 26.2 Å². The monoisotopic (exact) mass is 344 g/mol. The van der Waals surface area contributed by atoms with E-state index in [0.29, 0.717) is 6.54 Å². The number of furan rings is 1. The van der Waals surface area contributed by atoms with Crippen LogP contribution in [0, 0.1) is 12.8 Å². The van der Waals surface area contributed by atoms with E-state index in [0.717, 1.165) is 38.0 Å². The van der Waals surface area contributed by atoms with Gasteiger partial charge in [-0.3, -0.25) is 0 Å². The van der Waals surface area contributed by atoms with E-state index in [1.807, 2.05) is 0 Å². The minimum absolute atomic E-state index is 0.0833. The van der Waals surface area contributed by atoms with Gasteiger partial charge in [0, 0.05) is 12.6 Å². The molecule has 23 heavy (non-hydrogen) atoms. The molecule has 0 aromatic carbocycles. The summed E-state index contributed by atoms with van der Waals surface area (Å²) < 4.78 is 31.9. The number of sulfonamides is 1. The highest BCUT2D eigenvalue weighted by Crippen LogP contribution is 2.20. The molecule has 0 aliphatic carbocycles. The first-order valence-corrected chi connectivity index (χ1v) is 9.33. The molecule has 130 valence electrons. The molecule has 8 heteroatoms. The van der Waals surface area contributed by atoms with E-state index >= 15 is 0 Å². The SMILES string of the molecule is Cc1oc(C(=O)O)cc1S(=O)(=O)NCCCN1CCC(C)CC1. The van der Waals surface area contributed by atoms with Crippen LogP contribution in [0.3, 0.4) is 0 Å². The fraction of sp³-hybridized carbons (Fsp3) is 0.667. The predicted octanol–water partition coefficient (Wildman–Crippen LogP) is 1.69. The van der Waals surface area contributed by atoms with E-state index in [4.69, 9.17) is 9.52 Å². The third kappa shape index (κ3) is 4.79. The average molecular weight is 344 g/mol. The molecule has 1 fully saturated rings. The van der Waals surface area contributed by atoms with Crippen LogP contribution in [0.4, 0.5) is 0 Å². The van der Waals surface area contributed by atoms with E-state index in [2.05, 4.69) is 16.5 Å². The summed E-state index contributed by atoms with van der Waals surface area (Å²) in [5.74, 6) is -0.795. The summed E-state index contributed by atoms with van der Waals surface area (Å²) in [6, 6.07) is 1.05. The lowest BCUT2D eigenvalue weighted by atomic mass is 9.99. The van der Waals surface area contributed by atoms with E-state index in [1.165, 1.54) is 19.8 Å². The van der Waals surface area contributed by atoms with Crippen LogP contribution in [-0.4, -0.2) is 50.6 Å². The van der Waals surface area contributed by atoms with Gasteiger partial charge in [-0.15, -0.1) is 0 Å². The van der Waals surface area contributed by atoms with E-state index in [1.54, 1.807) is 0 Å². The highest BCUT2D eigenvalue weighted by Gasteiger charge is 2.23. The summed E-state index contributed by atoms with van der Waals surface area (Å²) >= 11 is 0. The summed E-state index contributed by atoms with van der Waals surface area (Å²) in [6.45, 7) is 7.01. The number of carboxylic acid groups (broad SMARTS) is 1. The van der Waals surface area contributed by atoms with Crippen LogP contribution >= 0.6 is 0 Å². The molecule has 7 nitrogen and oxygen atoms in total. The van der Waals surface area contributed by atoms with Gasteiger partial charge in [0.15, 0.2) is 0 Å². The molecule has 2 heterocycles. The molecule has 0 radical (unpaired) electrons. The minimum Gasteiger partial charge on any atom is -0.475 e. The topological polar surface area (TPSA) is 99.8 Å². The number of nitrogens with one attached hydrogen (secondary N) is 1. The number of carboxylic acids is 1. The number of likely N-dealkylation sites (tertiary alicyclic amines) is 1. The summed E-state index contributed by atoms with van der Waals surface area (Å²) in [4.78, 5) is 13.1. The molecular weight excluding hydrogens is 320 g/mol. The van der Waals surface area contributed by atoms with Crippen LogP contribution in [0.15, 0.2) is 15.4 Å². The van der Waals surface area contributed by atoms with Crippen molar-refractivity contribution in [2.45, 2.75) is 38.0 Å². The zero-order chi connectivity index (χ0) is 17.0. The maximum absolute atomic E-state index is 12.2. The van der Waals surface area contributed by atoms with Gasteiger partial charge in [0.1, 0.15) is 10.7 Å². The van der Waals surface area contributed by atoms with Gasteiger partial charge in [0.2, 0.25) is 15.8 Å². The summed E-state index contributed by atoms with van der Waals surface area (Å²) in [7, 11) is -3.74. The number of nitrogens with zero attached hydrogens (tertiary/aromatic N) is 1. The number of aryl methyl sites for hydroxylation is 1. The number of rotatable bonds is 7. The van der Waals surface area contributed by atoms with E-state index < -0.39 is 16.0 Å². The van der Waals surface area contributed by atoms with Crippen LogP contribution in [0.5, 0.6) is 0 Å². The van der Waals surface area contributed by atoms with Crippen molar-refractivity contribution >= 4 is 16.0 Å². The Balaban J connectivity index is 1.83. The van der Waals surface area contributed by atoms with Gasteiger partial charge >= 0.3 is 5.97 Å². The molecule has 0 bridgehead atoms. The van der Waals surface area contributed by atoms with Crippen molar-refractivity contribution < 1.29 is 22.7 Å². The lowest BCUT2D eigenvalue weighted by Gasteiger charge is -2.30. The summed E-state index contributed by atoms with van der Waals surface area (Å²) in [5, 5.41) is 8.85. The molecule has 2 rings (SSSR count).